The standard InChI is InChI=1S/C20H15ClN4O7/c1-32-20(29)11(9-15-18(27)24-14-8-10(21)6-7-12(14)22-15)17(26)19(28)23-13-4-2-3-5-16(13)25(30)31/h2-8,11H,9H2,1H3,(H,23,28)(H,24,27)/t11-/m1/s1. The molecule has 1 amide bonds. The van der Waals surface area contributed by atoms with Crippen molar-refractivity contribution in [3.05, 3.63) is 73.6 Å². The quantitative estimate of drug-likeness (QED) is 0.178. The first-order valence-corrected chi connectivity index (χ1v) is 9.44. The molecular weight excluding hydrogens is 444 g/mol. The fourth-order valence-corrected chi connectivity index (χ4v) is 3.11. The highest BCUT2D eigenvalue weighted by atomic mass is 35.5. The molecule has 2 aromatic carbocycles. The van der Waals surface area contributed by atoms with Crippen LogP contribution in [0.25, 0.3) is 11.0 Å². The third-order valence-corrected chi connectivity index (χ3v) is 4.73. The van der Waals surface area contributed by atoms with Gasteiger partial charge in [0.15, 0.2) is 0 Å². The van der Waals surface area contributed by atoms with Crippen LogP contribution in [0.1, 0.15) is 5.69 Å². The maximum atomic E-state index is 12.7. The summed E-state index contributed by atoms with van der Waals surface area (Å²) < 4.78 is 4.61. The number of nitrogens with zero attached hydrogens (tertiary/aromatic N) is 2. The van der Waals surface area contributed by atoms with Crippen LogP contribution in [0, 0.1) is 16.0 Å². The van der Waals surface area contributed by atoms with Crippen molar-refractivity contribution < 1.29 is 24.0 Å². The number of hydrogen-bond donors (Lipinski definition) is 2. The van der Waals surface area contributed by atoms with Gasteiger partial charge in [-0.25, -0.2) is 4.98 Å². The Hall–Kier alpha value is -4.12. The Bertz CT molecular complexity index is 1300. The molecule has 1 heterocycles. The molecule has 0 saturated carbocycles. The zero-order chi connectivity index (χ0) is 23.4. The number of aromatic nitrogens is 2. The highest BCUT2D eigenvalue weighted by Crippen LogP contribution is 2.23. The van der Waals surface area contributed by atoms with Crippen molar-refractivity contribution >= 4 is 51.7 Å². The third-order valence-electron chi connectivity index (χ3n) is 4.50. The number of H-pyrrole nitrogens is 1. The molecule has 164 valence electrons. The number of ketones is 1. The van der Waals surface area contributed by atoms with Gasteiger partial charge in [-0.05, 0) is 24.3 Å². The van der Waals surface area contributed by atoms with Gasteiger partial charge >= 0.3 is 5.97 Å². The predicted molar refractivity (Wildman–Crippen MR) is 113 cm³/mol. The minimum Gasteiger partial charge on any atom is -0.468 e. The summed E-state index contributed by atoms with van der Waals surface area (Å²) in [6.45, 7) is 0. The van der Waals surface area contributed by atoms with Crippen LogP contribution in [0.5, 0.6) is 0 Å². The zero-order valence-corrected chi connectivity index (χ0v) is 17.2. The number of carbonyl (C=O) groups excluding carboxylic acids is 3. The second kappa shape index (κ2) is 9.35. The van der Waals surface area contributed by atoms with Crippen LogP contribution in [0.4, 0.5) is 11.4 Å². The van der Waals surface area contributed by atoms with E-state index < -0.39 is 46.2 Å². The van der Waals surface area contributed by atoms with Crippen LogP contribution in [0.15, 0.2) is 47.3 Å². The molecule has 0 saturated heterocycles. The fraction of sp³-hybridized carbons (Fsp3) is 0.150. The number of carbonyl (C=O) groups is 3. The number of rotatable bonds is 7. The molecule has 3 rings (SSSR count). The summed E-state index contributed by atoms with van der Waals surface area (Å²) in [4.78, 5) is 66.9. The maximum absolute atomic E-state index is 12.7. The second-order valence-electron chi connectivity index (χ2n) is 6.55. The number of nitro benzene ring substituents is 1. The first-order valence-electron chi connectivity index (χ1n) is 9.06. The number of anilines is 1. The Morgan fingerprint density at radius 1 is 1.25 bits per heavy atom. The molecule has 11 nitrogen and oxygen atoms in total. The molecule has 0 aliphatic carbocycles. The van der Waals surface area contributed by atoms with Crippen molar-refractivity contribution in [2.75, 3.05) is 12.4 Å². The molecule has 0 fully saturated rings. The largest absolute Gasteiger partial charge is 0.468 e. The van der Waals surface area contributed by atoms with E-state index in [1.807, 2.05) is 0 Å². The van der Waals surface area contributed by atoms with Crippen molar-refractivity contribution in [1.29, 1.82) is 0 Å². The minimum atomic E-state index is -1.69. The van der Waals surface area contributed by atoms with Crippen LogP contribution in [0.2, 0.25) is 5.02 Å². The zero-order valence-electron chi connectivity index (χ0n) is 16.5. The Morgan fingerprint density at radius 2 is 1.97 bits per heavy atom. The Morgan fingerprint density at radius 3 is 2.66 bits per heavy atom. The van der Waals surface area contributed by atoms with E-state index in [0.29, 0.717) is 16.1 Å². The van der Waals surface area contributed by atoms with Gasteiger partial charge < -0.3 is 15.0 Å². The predicted octanol–water partition coefficient (Wildman–Crippen LogP) is 2.02. The lowest BCUT2D eigenvalue weighted by atomic mass is 9.97. The number of amides is 1. The van der Waals surface area contributed by atoms with Crippen LogP contribution in [0.3, 0.4) is 0 Å². The van der Waals surface area contributed by atoms with Crippen LogP contribution >= 0.6 is 11.6 Å². The van der Waals surface area contributed by atoms with Crippen molar-refractivity contribution in [1.82, 2.24) is 9.97 Å². The molecule has 0 spiro atoms. The number of para-hydroxylation sites is 2. The summed E-state index contributed by atoms with van der Waals surface area (Å²) in [5.74, 6) is -5.28. The van der Waals surface area contributed by atoms with Crippen LogP contribution in [-0.4, -0.2) is 39.7 Å². The Kier molecular flexibility index (Phi) is 6.59. The van der Waals surface area contributed by atoms with Gasteiger partial charge in [-0.2, -0.15) is 0 Å². The van der Waals surface area contributed by atoms with E-state index in [1.54, 1.807) is 6.07 Å². The van der Waals surface area contributed by atoms with E-state index in [4.69, 9.17) is 11.6 Å². The lowest BCUT2D eigenvalue weighted by Gasteiger charge is -2.13. The van der Waals surface area contributed by atoms with Gasteiger partial charge in [-0.3, -0.25) is 29.3 Å². The summed E-state index contributed by atoms with van der Waals surface area (Å²) in [5.41, 5.74) is -0.819. The van der Waals surface area contributed by atoms with Crippen LogP contribution in [-0.2, 0) is 25.5 Å². The first kappa shape index (κ1) is 22.6. The molecule has 0 aliphatic heterocycles. The van der Waals surface area contributed by atoms with Gasteiger partial charge in [0.25, 0.3) is 17.2 Å². The van der Waals surface area contributed by atoms with Crippen molar-refractivity contribution in [2.45, 2.75) is 6.42 Å². The molecule has 3 aromatic rings. The van der Waals surface area contributed by atoms with Crippen molar-refractivity contribution in [2.24, 2.45) is 5.92 Å². The fourth-order valence-electron chi connectivity index (χ4n) is 2.93. The van der Waals surface area contributed by atoms with Gasteiger partial charge in [0.2, 0.25) is 5.78 Å². The van der Waals surface area contributed by atoms with E-state index in [0.717, 1.165) is 13.2 Å². The first-order chi connectivity index (χ1) is 15.2. The number of halogens is 1. The third kappa shape index (κ3) is 4.78. The molecular formula is C20H15ClN4O7. The topological polar surface area (TPSA) is 161 Å². The van der Waals surface area contributed by atoms with Crippen molar-refractivity contribution in [3.63, 3.8) is 0 Å². The van der Waals surface area contributed by atoms with Crippen molar-refractivity contribution in [3.8, 4) is 0 Å². The smallest absolute Gasteiger partial charge is 0.317 e. The van der Waals surface area contributed by atoms with E-state index in [2.05, 4.69) is 20.0 Å². The minimum absolute atomic E-state index is 0.179. The monoisotopic (exact) mass is 458 g/mol. The summed E-state index contributed by atoms with van der Waals surface area (Å²) in [6.07, 6.45) is -0.524. The number of fused-ring (bicyclic) bond motifs is 1. The molecule has 2 N–H and O–H groups in total. The summed E-state index contributed by atoms with van der Waals surface area (Å²) in [7, 11) is 1.02. The number of nitro groups is 1. The molecule has 1 atom stereocenters. The summed E-state index contributed by atoms with van der Waals surface area (Å²) >= 11 is 5.89. The number of benzene rings is 2. The van der Waals surface area contributed by atoms with Gasteiger partial charge in [0.1, 0.15) is 17.3 Å². The van der Waals surface area contributed by atoms with E-state index >= 15 is 0 Å². The van der Waals surface area contributed by atoms with Gasteiger partial charge in [0, 0.05) is 17.5 Å². The number of nitrogens with one attached hydrogen (secondary N) is 2. The normalized spacial score (nSPS) is 11.6. The Balaban J connectivity index is 1.90. The molecule has 0 unspecified atom stereocenters. The molecule has 0 radical (unpaired) electrons. The number of esters is 1. The summed E-state index contributed by atoms with van der Waals surface area (Å²) in [6, 6.07) is 9.75. The number of hydrogen-bond acceptors (Lipinski definition) is 8. The molecule has 1 aromatic heterocycles. The lowest BCUT2D eigenvalue weighted by Crippen LogP contribution is -2.37. The molecule has 0 aliphatic rings. The molecule has 32 heavy (non-hydrogen) atoms. The van der Waals surface area contributed by atoms with Crippen LogP contribution < -0.4 is 10.9 Å². The number of Topliss-reactive ketones (excluding diaryl/α,β-unsaturated/α-hetero) is 1. The summed E-state index contributed by atoms with van der Waals surface area (Å²) in [5, 5.41) is 13.6. The highest BCUT2D eigenvalue weighted by molar-refractivity contribution is 6.44. The Labute approximate surface area is 184 Å². The SMILES string of the molecule is COC(=O)[C@H](Cc1nc2ccc(Cl)cc2[nH]c1=O)C(=O)C(=O)Nc1ccccc1[N+](=O)[O-]. The number of methoxy groups -OCH3 is 1. The average molecular weight is 459 g/mol. The number of ether oxygens (including phenoxy) is 1. The van der Waals surface area contributed by atoms with Gasteiger partial charge in [-0.15, -0.1) is 0 Å². The van der Waals surface area contributed by atoms with Gasteiger partial charge in [0.05, 0.1) is 23.1 Å². The highest BCUT2D eigenvalue weighted by Gasteiger charge is 2.35. The van der Waals surface area contributed by atoms with E-state index in [1.165, 1.54) is 30.3 Å². The second-order valence-corrected chi connectivity index (χ2v) is 6.98. The molecule has 12 heteroatoms. The average Bonchev–Trinajstić information content (AvgIpc) is 2.76. The van der Waals surface area contributed by atoms with E-state index in [-0.39, 0.29) is 11.4 Å². The maximum Gasteiger partial charge on any atom is 0.317 e. The molecule has 0 bridgehead atoms. The lowest BCUT2D eigenvalue weighted by molar-refractivity contribution is -0.383. The van der Waals surface area contributed by atoms with Gasteiger partial charge in [-0.1, -0.05) is 23.7 Å². The van der Waals surface area contributed by atoms with E-state index in [9.17, 15) is 29.3 Å². The number of aromatic amines is 1.